The van der Waals surface area contributed by atoms with E-state index >= 15 is 0 Å². The van der Waals surface area contributed by atoms with Gasteiger partial charge in [-0.15, -0.1) is 0 Å². The van der Waals surface area contributed by atoms with Crippen molar-refractivity contribution in [2.24, 2.45) is 0 Å². The topological polar surface area (TPSA) is 21.3 Å². The van der Waals surface area contributed by atoms with Crippen molar-refractivity contribution in [1.29, 1.82) is 0 Å². The summed E-state index contributed by atoms with van der Waals surface area (Å²) in [5.74, 6) is 1.03. The summed E-state index contributed by atoms with van der Waals surface area (Å²) in [6.45, 7) is 7.60. The van der Waals surface area contributed by atoms with Crippen LogP contribution in [0.3, 0.4) is 0 Å². The molecule has 0 aromatic heterocycles. The normalized spacial score (nSPS) is 19.6. The Balaban J connectivity index is 2.05. The van der Waals surface area contributed by atoms with Crippen LogP contribution in [0, 0.1) is 0 Å². The van der Waals surface area contributed by atoms with Crippen LogP contribution in [0.2, 0.25) is 0 Å². The van der Waals surface area contributed by atoms with Gasteiger partial charge in [0.1, 0.15) is 5.75 Å². The van der Waals surface area contributed by atoms with Crippen LogP contribution in [0.1, 0.15) is 57.2 Å². The Morgan fingerprint density at radius 3 is 2.94 bits per heavy atom. The molecule has 1 aliphatic rings. The van der Waals surface area contributed by atoms with Gasteiger partial charge in [0.2, 0.25) is 0 Å². The first-order valence-corrected chi connectivity index (χ1v) is 7.27. The van der Waals surface area contributed by atoms with Crippen molar-refractivity contribution < 1.29 is 4.74 Å². The second-order valence-corrected chi connectivity index (χ2v) is 5.24. The summed E-state index contributed by atoms with van der Waals surface area (Å²) < 4.78 is 5.88. The Kier molecular flexibility index (Phi) is 4.65. The van der Waals surface area contributed by atoms with E-state index in [1.807, 2.05) is 0 Å². The zero-order chi connectivity index (χ0) is 13.0. The Bertz CT molecular complexity index is 389. The van der Waals surface area contributed by atoms with Crippen LogP contribution in [0.25, 0.3) is 0 Å². The first-order valence-electron chi connectivity index (χ1n) is 7.27. The van der Waals surface area contributed by atoms with Crippen molar-refractivity contribution in [2.75, 3.05) is 6.54 Å². The van der Waals surface area contributed by atoms with E-state index in [0.29, 0.717) is 12.1 Å². The molecule has 1 aromatic carbocycles. The van der Waals surface area contributed by atoms with Crippen molar-refractivity contribution in [3.63, 3.8) is 0 Å². The van der Waals surface area contributed by atoms with Gasteiger partial charge in [-0.2, -0.15) is 0 Å². The van der Waals surface area contributed by atoms with Gasteiger partial charge in [-0.3, -0.25) is 0 Å². The second-order valence-electron chi connectivity index (χ2n) is 5.24. The van der Waals surface area contributed by atoms with Gasteiger partial charge in [0, 0.05) is 6.04 Å². The molecule has 1 aliphatic carbocycles. The lowest BCUT2D eigenvalue weighted by molar-refractivity contribution is 0.217. The van der Waals surface area contributed by atoms with E-state index < -0.39 is 0 Å². The second kappa shape index (κ2) is 6.24. The fourth-order valence-corrected chi connectivity index (χ4v) is 2.51. The predicted molar refractivity (Wildman–Crippen MR) is 76.2 cm³/mol. The summed E-state index contributed by atoms with van der Waals surface area (Å²) in [4.78, 5) is 0. The van der Waals surface area contributed by atoms with Crippen molar-refractivity contribution in [3.05, 3.63) is 29.3 Å². The first kappa shape index (κ1) is 13.4. The zero-order valence-electron chi connectivity index (χ0n) is 11.8. The van der Waals surface area contributed by atoms with Crippen LogP contribution >= 0.6 is 0 Å². The van der Waals surface area contributed by atoms with Gasteiger partial charge in [-0.25, -0.2) is 0 Å². The number of benzene rings is 1. The van der Waals surface area contributed by atoms with Crippen molar-refractivity contribution in [1.82, 2.24) is 5.32 Å². The minimum atomic E-state index is 0.304. The Morgan fingerprint density at radius 1 is 1.39 bits per heavy atom. The van der Waals surface area contributed by atoms with Crippen LogP contribution in [-0.2, 0) is 6.42 Å². The maximum absolute atomic E-state index is 5.88. The van der Waals surface area contributed by atoms with Gasteiger partial charge >= 0.3 is 0 Å². The van der Waals surface area contributed by atoms with Crippen LogP contribution in [0.4, 0.5) is 0 Å². The lowest BCUT2D eigenvalue weighted by Gasteiger charge is -2.16. The SMILES string of the molecule is CCCNC1CCc2cc(OC(C)CC)ccc21. The molecule has 1 N–H and O–H groups in total. The molecule has 2 rings (SSSR count). The number of rotatable bonds is 6. The number of hydrogen-bond acceptors (Lipinski definition) is 2. The van der Waals surface area contributed by atoms with Crippen LogP contribution < -0.4 is 10.1 Å². The van der Waals surface area contributed by atoms with E-state index in [0.717, 1.165) is 18.7 Å². The molecule has 2 heteroatoms. The third-order valence-corrected chi connectivity index (χ3v) is 3.75. The molecule has 2 atom stereocenters. The molecule has 0 fully saturated rings. The zero-order valence-corrected chi connectivity index (χ0v) is 11.8. The molecule has 0 aliphatic heterocycles. The highest BCUT2D eigenvalue weighted by Gasteiger charge is 2.22. The first-order chi connectivity index (χ1) is 8.74. The lowest BCUT2D eigenvalue weighted by atomic mass is 10.1. The maximum Gasteiger partial charge on any atom is 0.119 e. The highest BCUT2D eigenvalue weighted by atomic mass is 16.5. The van der Waals surface area contributed by atoms with E-state index in [1.165, 1.54) is 30.4 Å². The van der Waals surface area contributed by atoms with E-state index in [2.05, 4.69) is 44.3 Å². The van der Waals surface area contributed by atoms with Crippen LogP contribution in [-0.4, -0.2) is 12.6 Å². The average molecular weight is 247 g/mol. The average Bonchev–Trinajstić information content (AvgIpc) is 2.78. The quantitative estimate of drug-likeness (QED) is 0.824. The summed E-state index contributed by atoms with van der Waals surface area (Å²) in [7, 11) is 0. The van der Waals surface area contributed by atoms with Crippen molar-refractivity contribution in [2.45, 2.75) is 58.6 Å². The van der Waals surface area contributed by atoms with E-state index in [4.69, 9.17) is 4.74 Å². The molecule has 100 valence electrons. The van der Waals surface area contributed by atoms with Gasteiger partial charge in [0.05, 0.1) is 6.10 Å². The standard InChI is InChI=1S/C16H25NO/c1-4-10-17-16-9-6-13-11-14(7-8-15(13)16)18-12(3)5-2/h7-8,11-12,16-17H,4-6,9-10H2,1-3H3. The molecule has 0 bridgehead atoms. The van der Waals surface area contributed by atoms with E-state index in [-0.39, 0.29) is 0 Å². The Morgan fingerprint density at radius 2 is 2.22 bits per heavy atom. The smallest absolute Gasteiger partial charge is 0.119 e. The van der Waals surface area contributed by atoms with E-state index in [1.54, 1.807) is 0 Å². The van der Waals surface area contributed by atoms with Gasteiger partial charge in [0.25, 0.3) is 0 Å². The summed E-state index contributed by atoms with van der Waals surface area (Å²) in [6, 6.07) is 7.15. The van der Waals surface area contributed by atoms with Crippen molar-refractivity contribution >= 4 is 0 Å². The largest absolute Gasteiger partial charge is 0.491 e. The molecule has 2 unspecified atom stereocenters. The fourth-order valence-electron chi connectivity index (χ4n) is 2.51. The highest BCUT2D eigenvalue weighted by Crippen LogP contribution is 2.33. The van der Waals surface area contributed by atoms with Gasteiger partial charge in [-0.1, -0.05) is 19.9 Å². The minimum Gasteiger partial charge on any atom is -0.491 e. The van der Waals surface area contributed by atoms with Gasteiger partial charge in [0.15, 0.2) is 0 Å². The Hall–Kier alpha value is -1.02. The predicted octanol–water partition coefficient (Wildman–Crippen LogP) is 3.85. The number of hydrogen-bond donors (Lipinski definition) is 1. The summed E-state index contributed by atoms with van der Waals surface area (Å²) in [5.41, 5.74) is 2.93. The lowest BCUT2D eigenvalue weighted by Crippen LogP contribution is -2.19. The molecule has 0 saturated heterocycles. The highest BCUT2D eigenvalue weighted by molar-refractivity contribution is 5.40. The number of fused-ring (bicyclic) bond motifs is 1. The summed E-state index contributed by atoms with van der Waals surface area (Å²) in [6.07, 6.45) is 4.95. The van der Waals surface area contributed by atoms with E-state index in [9.17, 15) is 0 Å². The molecule has 0 radical (unpaired) electrons. The summed E-state index contributed by atoms with van der Waals surface area (Å²) in [5, 5.41) is 3.62. The molecule has 0 amide bonds. The number of aryl methyl sites for hydroxylation is 1. The third kappa shape index (κ3) is 3.05. The molecule has 0 saturated carbocycles. The van der Waals surface area contributed by atoms with Gasteiger partial charge in [-0.05, 0) is 62.4 Å². The Labute approximate surface area is 111 Å². The summed E-state index contributed by atoms with van der Waals surface area (Å²) >= 11 is 0. The number of nitrogens with one attached hydrogen (secondary N) is 1. The molecular weight excluding hydrogens is 222 g/mol. The molecule has 1 aromatic rings. The fraction of sp³-hybridized carbons (Fsp3) is 0.625. The molecule has 18 heavy (non-hydrogen) atoms. The van der Waals surface area contributed by atoms with Crippen LogP contribution in [0.15, 0.2) is 18.2 Å². The van der Waals surface area contributed by atoms with Crippen LogP contribution in [0.5, 0.6) is 5.75 Å². The molecular formula is C16H25NO. The molecule has 0 spiro atoms. The van der Waals surface area contributed by atoms with Gasteiger partial charge < -0.3 is 10.1 Å². The third-order valence-electron chi connectivity index (χ3n) is 3.75. The monoisotopic (exact) mass is 247 g/mol. The number of ether oxygens (including phenoxy) is 1. The molecule has 0 heterocycles. The molecule has 2 nitrogen and oxygen atoms in total. The van der Waals surface area contributed by atoms with Crippen molar-refractivity contribution in [3.8, 4) is 5.75 Å². The maximum atomic E-state index is 5.88. The minimum absolute atomic E-state index is 0.304.